The molecular formula is C46H52N2O5S2. The molecule has 0 saturated heterocycles. The van der Waals surface area contributed by atoms with E-state index in [0.29, 0.717) is 6.42 Å². The van der Waals surface area contributed by atoms with Crippen molar-refractivity contribution in [3.8, 4) is 66.4 Å². The van der Waals surface area contributed by atoms with Crippen LogP contribution in [-0.4, -0.2) is 41.3 Å². The molecular weight excluding hydrogens is 725 g/mol. The van der Waals surface area contributed by atoms with Crippen molar-refractivity contribution >= 4 is 28.5 Å². The van der Waals surface area contributed by atoms with Gasteiger partial charge in [0.15, 0.2) is 28.8 Å². The van der Waals surface area contributed by atoms with E-state index in [4.69, 9.17) is 18.9 Å². The normalized spacial score (nSPS) is 13.0. The van der Waals surface area contributed by atoms with Crippen molar-refractivity contribution < 1.29 is 23.7 Å². The van der Waals surface area contributed by atoms with Crippen molar-refractivity contribution in [2.24, 2.45) is 5.41 Å². The number of ether oxygens (including phenoxy) is 4. The first-order chi connectivity index (χ1) is 26.3. The summed E-state index contributed by atoms with van der Waals surface area (Å²) in [6.45, 7) is 16.2. The Morgan fingerprint density at radius 1 is 0.691 bits per heavy atom. The molecule has 2 aromatic carbocycles. The van der Waals surface area contributed by atoms with Crippen LogP contribution in [0.4, 0.5) is 0 Å². The molecule has 0 bridgehead atoms. The van der Waals surface area contributed by atoms with E-state index >= 15 is 0 Å². The maximum atomic E-state index is 13.3. The van der Waals surface area contributed by atoms with Crippen molar-refractivity contribution in [2.75, 3.05) is 14.2 Å². The molecule has 2 aliphatic rings. The predicted molar refractivity (Wildman–Crippen MR) is 227 cm³/mol. The van der Waals surface area contributed by atoms with Crippen LogP contribution in [0.2, 0.25) is 0 Å². The molecule has 4 aromatic heterocycles. The van der Waals surface area contributed by atoms with E-state index in [1.165, 1.54) is 37.7 Å². The van der Waals surface area contributed by atoms with Crippen molar-refractivity contribution in [3.05, 3.63) is 94.4 Å². The Balaban J connectivity index is 0.000000174. The van der Waals surface area contributed by atoms with Crippen molar-refractivity contribution in [1.82, 2.24) is 9.13 Å². The molecule has 0 unspecified atom stereocenters. The lowest BCUT2D eigenvalue weighted by Crippen LogP contribution is -2.20. The molecule has 0 fully saturated rings. The van der Waals surface area contributed by atoms with Crippen LogP contribution in [0.15, 0.2) is 77.6 Å². The first-order valence-corrected chi connectivity index (χ1v) is 20.9. The molecule has 2 aliphatic heterocycles. The highest BCUT2D eigenvalue weighted by atomic mass is 32.1. The van der Waals surface area contributed by atoms with Crippen molar-refractivity contribution in [3.63, 3.8) is 0 Å². The number of aryl methyl sites for hydroxylation is 3. The first kappa shape index (κ1) is 38.5. The zero-order valence-electron chi connectivity index (χ0n) is 33.4. The molecule has 7 nitrogen and oxygen atoms in total. The van der Waals surface area contributed by atoms with Crippen LogP contribution in [0.3, 0.4) is 0 Å². The van der Waals surface area contributed by atoms with Gasteiger partial charge in [0, 0.05) is 57.7 Å². The van der Waals surface area contributed by atoms with Crippen molar-refractivity contribution in [2.45, 2.75) is 93.0 Å². The van der Waals surface area contributed by atoms with Gasteiger partial charge in [-0.05, 0) is 116 Å². The molecule has 55 heavy (non-hydrogen) atoms. The average Bonchev–Trinajstić information content (AvgIpc) is 3.96. The minimum atomic E-state index is -0.0525. The zero-order chi connectivity index (χ0) is 39.0. The van der Waals surface area contributed by atoms with Gasteiger partial charge in [-0.25, -0.2) is 0 Å². The number of hydrogen-bond donors (Lipinski definition) is 0. The summed E-state index contributed by atoms with van der Waals surface area (Å²) < 4.78 is 27.8. The van der Waals surface area contributed by atoms with E-state index in [2.05, 4.69) is 108 Å². The Kier molecular flexibility index (Phi) is 11.1. The topological polar surface area (TPSA) is 63.9 Å². The highest BCUT2D eigenvalue weighted by Gasteiger charge is 2.30. The van der Waals surface area contributed by atoms with Crippen molar-refractivity contribution in [1.29, 1.82) is 0 Å². The largest absolute Gasteiger partial charge is 0.493 e. The fourth-order valence-corrected chi connectivity index (χ4v) is 9.12. The Hall–Kier alpha value is -4.73. The third-order valence-corrected chi connectivity index (χ3v) is 11.7. The van der Waals surface area contributed by atoms with Gasteiger partial charge >= 0.3 is 0 Å². The third-order valence-electron chi connectivity index (χ3n) is 9.85. The Morgan fingerprint density at radius 2 is 1.24 bits per heavy atom. The summed E-state index contributed by atoms with van der Waals surface area (Å²) in [5.41, 5.74) is 10.5. The molecule has 0 saturated carbocycles. The number of nitrogens with zero attached hydrogens (tertiary/aromatic N) is 2. The summed E-state index contributed by atoms with van der Waals surface area (Å²) >= 11 is 3.49. The fourth-order valence-electron chi connectivity index (χ4n) is 7.63. The molecule has 6 aromatic rings. The maximum absolute atomic E-state index is 13.3. The van der Waals surface area contributed by atoms with Crippen LogP contribution in [0.5, 0.6) is 23.0 Å². The van der Waals surface area contributed by atoms with Gasteiger partial charge in [0.2, 0.25) is 0 Å². The van der Waals surface area contributed by atoms with Gasteiger partial charge in [0.25, 0.3) is 0 Å². The minimum Gasteiger partial charge on any atom is -0.493 e. The summed E-state index contributed by atoms with van der Waals surface area (Å²) in [5, 5.41) is 4.21. The highest BCUT2D eigenvalue weighted by Crippen LogP contribution is 2.47. The van der Waals surface area contributed by atoms with Gasteiger partial charge in [-0.3, -0.25) is 4.79 Å². The second kappa shape index (κ2) is 15.8. The number of aromatic nitrogens is 2. The number of Topliss-reactive ketones (excluding diaryl/α,β-unsaturated/α-hetero) is 1. The van der Waals surface area contributed by atoms with Crippen LogP contribution in [0.1, 0.15) is 76.5 Å². The van der Waals surface area contributed by atoms with Crippen LogP contribution < -0.4 is 18.9 Å². The molecule has 8 rings (SSSR count). The number of carbonyl (C=O) groups excluding carboxylic acids is 1. The first-order valence-electron chi connectivity index (χ1n) is 19.1. The summed E-state index contributed by atoms with van der Waals surface area (Å²) in [4.78, 5) is 15.8. The van der Waals surface area contributed by atoms with E-state index in [1.807, 2.05) is 27.7 Å². The smallest absolute Gasteiger partial charge is 0.179 e. The second-order valence-electron chi connectivity index (χ2n) is 16.0. The quantitative estimate of drug-likeness (QED) is 0.130. The number of methoxy groups -OCH3 is 2. The van der Waals surface area contributed by atoms with E-state index < -0.39 is 0 Å². The van der Waals surface area contributed by atoms with Crippen LogP contribution in [-0.2, 0) is 25.9 Å². The van der Waals surface area contributed by atoms with Crippen LogP contribution in [0.25, 0.3) is 43.4 Å². The SMILES string of the molecule is COc1cc2c(cc1OC(C)C)-c1c(-c3cccs3)cc(C(=O)CC(C)(C)C)n1CC2.COc1cc2c(cc1OC(C)C)-c1c(-c3cccs3)ccn1CC2. The second-order valence-corrected chi connectivity index (χ2v) is 17.9. The maximum Gasteiger partial charge on any atom is 0.179 e. The fraction of sp³-hybridized carbons (Fsp3) is 0.370. The summed E-state index contributed by atoms with van der Waals surface area (Å²) in [5.74, 6) is 3.34. The number of ketones is 1. The molecule has 0 amide bonds. The number of rotatable bonds is 10. The third kappa shape index (κ3) is 8.01. The number of fused-ring (bicyclic) bond motifs is 6. The van der Waals surface area contributed by atoms with Gasteiger partial charge in [-0.1, -0.05) is 32.9 Å². The van der Waals surface area contributed by atoms with Gasteiger partial charge in [0.1, 0.15) is 0 Å². The Bertz CT molecular complexity index is 2280. The number of benzene rings is 2. The molecule has 6 heterocycles. The molecule has 9 heteroatoms. The van der Waals surface area contributed by atoms with Crippen LogP contribution in [0, 0.1) is 5.41 Å². The number of hydrogen-bond acceptors (Lipinski definition) is 7. The monoisotopic (exact) mass is 776 g/mol. The summed E-state index contributed by atoms with van der Waals surface area (Å²) in [6.07, 6.45) is 4.75. The lowest BCUT2D eigenvalue weighted by molar-refractivity contribution is 0.0930. The summed E-state index contributed by atoms with van der Waals surface area (Å²) in [6, 6.07) is 21.3. The van der Waals surface area contributed by atoms with Gasteiger partial charge < -0.3 is 28.1 Å². The Labute approximate surface area is 333 Å². The van der Waals surface area contributed by atoms with E-state index in [-0.39, 0.29) is 23.4 Å². The standard InChI is InChI=1S/C26H31NO3S.C20H21NO2S/c1-16(2)30-23-14-18-17(12-22(23)29-6)9-10-27-20(21(28)15-26(3,4)5)13-19(25(18)27)24-8-7-11-31-24;1-13(2)23-18-12-16-14(11-17(18)22-3)6-8-21-9-7-15(20(16)21)19-5-4-10-24-19/h7-8,11-14,16H,9-10,15H2,1-6H3;4-5,7,9-13H,6,8H2,1-3H3. The lowest BCUT2D eigenvalue weighted by atomic mass is 9.89. The average molecular weight is 777 g/mol. The van der Waals surface area contributed by atoms with E-state index in [0.717, 1.165) is 71.4 Å². The molecule has 0 aliphatic carbocycles. The van der Waals surface area contributed by atoms with E-state index in [1.54, 1.807) is 36.9 Å². The minimum absolute atomic E-state index is 0.0445. The van der Waals surface area contributed by atoms with E-state index in [9.17, 15) is 4.79 Å². The van der Waals surface area contributed by atoms with Gasteiger partial charge in [-0.15, -0.1) is 22.7 Å². The highest BCUT2D eigenvalue weighted by molar-refractivity contribution is 7.13. The number of thiophene rings is 2. The summed E-state index contributed by atoms with van der Waals surface area (Å²) in [7, 11) is 3.39. The predicted octanol–water partition coefficient (Wildman–Crippen LogP) is 12.1. The van der Waals surface area contributed by atoms with Gasteiger partial charge in [0.05, 0.1) is 43.5 Å². The lowest BCUT2D eigenvalue weighted by Gasteiger charge is -2.25. The number of carbonyl (C=O) groups is 1. The molecule has 0 atom stereocenters. The van der Waals surface area contributed by atoms with Gasteiger partial charge in [-0.2, -0.15) is 0 Å². The molecule has 0 radical (unpaired) electrons. The molecule has 288 valence electrons. The van der Waals surface area contributed by atoms with Crippen LogP contribution >= 0.6 is 22.7 Å². The Morgan fingerprint density at radius 3 is 1.75 bits per heavy atom. The molecule has 0 N–H and O–H groups in total. The molecule has 0 spiro atoms. The zero-order valence-corrected chi connectivity index (χ0v) is 35.1.